The van der Waals surface area contributed by atoms with Crippen molar-refractivity contribution in [2.24, 2.45) is 0 Å². The molecule has 0 saturated heterocycles. The van der Waals surface area contributed by atoms with Crippen molar-refractivity contribution in [1.82, 2.24) is 4.57 Å². The largest absolute Gasteiger partial charge is 0.309 e. The second kappa shape index (κ2) is 15.6. The van der Waals surface area contributed by atoms with Crippen molar-refractivity contribution in [2.75, 3.05) is 0 Å². The first-order valence-electron chi connectivity index (χ1n) is 26.6. The van der Waals surface area contributed by atoms with Crippen molar-refractivity contribution in [3.8, 4) is 50.2 Å². The Balaban J connectivity index is 0.0000000990. The number of rotatable bonds is 0. The van der Waals surface area contributed by atoms with Gasteiger partial charge < -0.3 is 4.57 Å². The van der Waals surface area contributed by atoms with E-state index in [4.69, 9.17) is 0 Å². The third-order valence-electron chi connectivity index (χ3n) is 18.1. The van der Waals surface area contributed by atoms with Gasteiger partial charge in [0.2, 0.25) is 0 Å². The molecule has 1 aliphatic heterocycles. The standard InChI is InChI=1S/C31H19N.C25H16.C17H16/c1-4-14-24-20(10-1)21-11-2-5-15-25(21)31(24)26-16-6-8-19-29(26)32-28-18-7-3-12-22(28)23-13-9-17-27(31)30(23)32;1-5-13-21-17(9-1)18-10-2-6-14-22(18)25(21)23-15-7-3-11-19(23)20-12-4-8-16-24(20)25;1-3-9-15-13(7-1)14-8-2-4-10-16(14)17(15)11-5-6-12-17/h1-19H;1-16H;1-4,7-10H,5-6,11-12H2. The van der Waals surface area contributed by atoms with Crippen LogP contribution in [0.25, 0.3) is 72.0 Å². The summed E-state index contributed by atoms with van der Waals surface area (Å²) in [5.74, 6) is 0. The van der Waals surface area contributed by atoms with E-state index >= 15 is 0 Å². The quantitative estimate of drug-likeness (QED) is 0.143. The third kappa shape index (κ3) is 5.24. The Morgan fingerprint density at radius 3 is 0.973 bits per heavy atom. The summed E-state index contributed by atoms with van der Waals surface area (Å²) in [6, 6.07) is 96.3. The second-order valence-electron chi connectivity index (χ2n) is 21.2. The van der Waals surface area contributed by atoms with Crippen LogP contribution in [0.3, 0.4) is 0 Å². The van der Waals surface area contributed by atoms with Crippen LogP contribution in [0.5, 0.6) is 0 Å². The fourth-order valence-corrected chi connectivity index (χ4v) is 15.5. The zero-order valence-electron chi connectivity index (χ0n) is 41.1. The van der Waals surface area contributed by atoms with Crippen LogP contribution in [-0.4, -0.2) is 4.57 Å². The van der Waals surface area contributed by atoms with Gasteiger partial charge in [-0.3, -0.25) is 0 Å². The van der Waals surface area contributed by atoms with Crippen molar-refractivity contribution < 1.29 is 0 Å². The smallest absolute Gasteiger partial charge is 0.0754 e. The van der Waals surface area contributed by atoms with E-state index in [1.165, 1.54) is 142 Å². The van der Waals surface area contributed by atoms with Crippen LogP contribution in [0, 0.1) is 0 Å². The lowest BCUT2D eigenvalue weighted by Gasteiger charge is -2.39. The molecule has 1 aromatic heterocycles. The van der Waals surface area contributed by atoms with E-state index in [9.17, 15) is 0 Å². The molecule has 12 aromatic rings. The van der Waals surface area contributed by atoms with Crippen molar-refractivity contribution in [1.29, 1.82) is 0 Å². The minimum Gasteiger partial charge on any atom is -0.309 e. The van der Waals surface area contributed by atoms with E-state index in [0.29, 0.717) is 5.41 Å². The average molecular weight is 942 g/mol. The summed E-state index contributed by atoms with van der Waals surface area (Å²) >= 11 is 0. The van der Waals surface area contributed by atoms with E-state index in [-0.39, 0.29) is 10.8 Å². The van der Waals surface area contributed by atoms with Crippen LogP contribution in [-0.2, 0) is 16.2 Å². The Morgan fingerprint density at radius 1 is 0.243 bits per heavy atom. The summed E-state index contributed by atoms with van der Waals surface area (Å²) in [5, 5.41) is 2.64. The normalized spacial score (nSPS) is 15.7. The Kier molecular flexibility index (Phi) is 8.82. The van der Waals surface area contributed by atoms with Gasteiger partial charge in [-0.05, 0) is 125 Å². The highest BCUT2D eigenvalue weighted by Crippen LogP contribution is 2.64. The fourth-order valence-electron chi connectivity index (χ4n) is 15.5. The highest BCUT2D eigenvalue weighted by molar-refractivity contribution is 6.13. The third-order valence-corrected chi connectivity index (χ3v) is 18.1. The van der Waals surface area contributed by atoms with Crippen LogP contribution in [0.4, 0.5) is 0 Å². The zero-order chi connectivity index (χ0) is 48.6. The summed E-state index contributed by atoms with van der Waals surface area (Å²) in [7, 11) is 0. The van der Waals surface area contributed by atoms with E-state index in [1.807, 2.05) is 0 Å². The number of hydrogen-bond donors (Lipinski definition) is 0. The molecule has 0 bridgehead atoms. The van der Waals surface area contributed by atoms with Crippen molar-refractivity contribution in [3.63, 3.8) is 0 Å². The summed E-state index contributed by atoms with van der Waals surface area (Å²) < 4.78 is 2.49. The molecule has 18 rings (SSSR count). The maximum absolute atomic E-state index is 2.49. The minimum atomic E-state index is -0.312. The minimum absolute atomic E-state index is 0.180. The molecule has 0 radical (unpaired) electrons. The number of hydrogen-bond acceptors (Lipinski definition) is 0. The molecule has 0 unspecified atom stereocenters. The Labute approximate surface area is 432 Å². The van der Waals surface area contributed by atoms with E-state index in [0.717, 1.165) is 0 Å². The molecule has 0 atom stereocenters. The first-order valence-corrected chi connectivity index (χ1v) is 26.6. The summed E-state index contributed by atoms with van der Waals surface area (Å²) in [6.45, 7) is 0. The molecule has 1 nitrogen and oxygen atoms in total. The van der Waals surface area contributed by atoms with Crippen LogP contribution in [0.2, 0.25) is 0 Å². The van der Waals surface area contributed by atoms with E-state index in [2.05, 4.69) is 265 Å². The topological polar surface area (TPSA) is 4.93 Å². The molecule has 0 amide bonds. The van der Waals surface area contributed by atoms with E-state index in [1.54, 1.807) is 11.1 Å². The zero-order valence-corrected chi connectivity index (χ0v) is 41.1. The molecule has 6 aliphatic rings. The lowest BCUT2D eigenvalue weighted by molar-refractivity contribution is 0.550. The van der Waals surface area contributed by atoms with Gasteiger partial charge in [-0.25, -0.2) is 0 Å². The Bertz CT molecular complexity index is 4010. The fraction of sp³-hybridized carbons (Fsp3) is 0.0959. The van der Waals surface area contributed by atoms with E-state index < -0.39 is 0 Å². The average Bonchev–Trinajstić information content (AvgIpc) is 4.40. The number of fused-ring (bicyclic) bond motifs is 27. The van der Waals surface area contributed by atoms with Gasteiger partial charge in [-0.2, -0.15) is 0 Å². The molecule has 1 fully saturated rings. The van der Waals surface area contributed by atoms with Gasteiger partial charge in [0.1, 0.15) is 0 Å². The SMILES string of the molecule is c1ccc2c(c1)-c1ccccc1C21CCCC1.c1ccc2c(c1)-c1ccccc1C21c2ccccc2-c2ccccc21.c1ccc2c(c1)-c1ccccc1C21c2ccccc2-n2c3ccccc3c3cccc1c32. The Morgan fingerprint density at radius 2 is 0.541 bits per heavy atom. The first-order chi connectivity index (χ1) is 36.7. The maximum atomic E-state index is 2.49. The van der Waals surface area contributed by atoms with Gasteiger partial charge >= 0.3 is 0 Å². The molecule has 2 heterocycles. The van der Waals surface area contributed by atoms with Crippen LogP contribution < -0.4 is 0 Å². The molecular formula is C73H51N. The first kappa shape index (κ1) is 41.8. The van der Waals surface area contributed by atoms with Crippen LogP contribution in [0.15, 0.2) is 261 Å². The number of nitrogens with zero attached hydrogens (tertiary/aromatic N) is 1. The van der Waals surface area contributed by atoms with Gasteiger partial charge in [0.25, 0.3) is 0 Å². The van der Waals surface area contributed by atoms with Gasteiger partial charge in [0.05, 0.1) is 27.6 Å². The molecule has 11 aromatic carbocycles. The maximum Gasteiger partial charge on any atom is 0.0754 e. The van der Waals surface area contributed by atoms with Gasteiger partial charge in [-0.1, -0.05) is 262 Å². The highest BCUT2D eigenvalue weighted by atomic mass is 15.0. The van der Waals surface area contributed by atoms with Crippen molar-refractivity contribution in [3.05, 3.63) is 316 Å². The van der Waals surface area contributed by atoms with Crippen molar-refractivity contribution in [2.45, 2.75) is 41.9 Å². The molecule has 0 N–H and O–H groups in total. The lowest BCUT2D eigenvalue weighted by Crippen LogP contribution is -2.33. The number of benzene rings is 11. The monoisotopic (exact) mass is 941 g/mol. The summed E-state index contributed by atoms with van der Waals surface area (Å²) in [5.41, 5.74) is 29.2. The predicted molar refractivity (Wildman–Crippen MR) is 306 cm³/mol. The second-order valence-corrected chi connectivity index (χ2v) is 21.2. The van der Waals surface area contributed by atoms with Gasteiger partial charge in [-0.15, -0.1) is 0 Å². The summed E-state index contributed by atoms with van der Waals surface area (Å²) in [6.07, 6.45) is 5.42. The molecule has 5 aliphatic carbocycles. The molecule has 1 heteroatoms. The molecular weight excluding hydrogens is 891 g/mol. The van der Waals surface area contributed by atoms with Crippen LogP contribution >= 0.6 is 0 Å². The molecule has 348 valence electrons. The number of aromatic nitrogens is 1. The molecule has 3 spiro atoms. The van der Waals surface area contributed by atoms with Gasteiger partial charge in [0, 0.05) is 16.2 Å². The highest BCUT2D eigenvalue weighted by Gasteiger charge is 2.52. The van der Waals surface area contributed by atoms with Gasteiger partial charge in [0.15, 0.2) is 0 Å². The molecule has 1 saturated carbocycles. The predicted octanol–water partition coefficient (Wildman–Crippen LogP) is 18.0. The van der Waals surface area contributed by atoms with Crippen molar-refractivity contribution >= 4 is 21.8 Å². The lowest BCUT2D eigenvalue weighted by atomic mass is 9.65. The van der Waals surface area contributed by atoms with Crippen LogP contribution in [0.1, 0.15) is 81.3 Å². The molecule has 74 heavy (non-hydrogen) atoms. The Hall–Kier alpha value is -8.78. The summed E-state index contributed by atoms with van der Waals surface area (Å²) in [4.78, 5) is 0. The number of para-hydroxylation sites is 3.